The molecule has 0 aliphatic rings. The van der Waals surface area contributed by atoms with Gasteiger partial charge in [-0.25, -0.2) is 4.98 Å². The van der Waals surface area contributed by atoms with Crippen molar-refractivity contribution in [1.82, 2.24) is 9.97 Å². The lowest BCUT2D eigenvalue weighted by Crippen LogP contribution is -2.08. The number of pyridine rings is 2. The molecule has 0 radical (unpaired) electrons. The standard InChI is InChI=1S/C20H13BrN4O/c1-11-2-3-12(10-22)8-17(11)25-19-14-6-7-23-20(26)18(14)15-9-13(21)4-5-16(15)24-19/h2-9H,1H3,(H,23,26)(H,24,25). The summed E-state index contributed by atoms with van der Waals surface area (Å²) in [5.74, 6) is 0.583. The van der Waals surface area contributed by atoms with Gasteiger partial charge in [-0.3, -0.25) is 4.79 Å². The highest BCUT2D eigenvalue weighted by molar-refractivity contribution is 9.10. The summed E-state index contributed by atoms with van der Waals surface area (Å²) < 4.78 is 0.884. The maximum Gasteiger partial charge on any atom is 0.256 e. The number of aromatic nitrogens is 2. The zero-order valence-corrected chi connectivity index (χ0v) is 15.4. The van der Waals surface area contributed by atoms with Gasteiger partial charge in [0.15, 0.2) is 0 Å². The van der Waals surface area contributed by atoms with Gasteiger partial charge in [-0.05, 0) is 48.9 Å². The van der Waals surface area contributed by atoms with Gasteiger partial charge in [-0.1, -0.05) is 22.0 Å². The van der Waals surface area contributed by atoms with E-state index < -0.39 is 0 Å². The third-order valence-corrected chi connectivity index (χ3v) is 4.79. The number of aryl methyl sites for hydroxylation is 1. The number of H-pyrrole nitrogens is 1. The van der Waals surface area contributed by atoms with Crippen LogP contribution in [0, 0.1) is 18.3 Å². The average molecular weight is 405 g/mol. The van der Waals surface area contributed by atoms with E-state index in [9.17, 15) is 4.79 Å². The lowest BCUT2D eigenvalue weighted by atomic mass is 10.1. The third-order valence-electron chi connectivity index (χ3n) is 4.30. The first-order valence-electron chi connectivity index (χ1n) is 7.95. The van der Waals surface area contributed by atoms with E-state index in [0.29, 0.717) is 22.3 Å². The molecule has 0 spiro atoms. The van der Waals surface area contributed by atoms with Crippen molar-refractivity contribution in [2.24, 2.45) is 0 Å². The van der Waals surface area contributed by atoms with Crippen molar-refractivity contribution in [3.63, 3.8) is 0 Å². The van der Waals surface area contributed by atoms with Crippen LogP contribution in [0.25, 0.3) is 21.7 Å². The van der Waals surface area contributed by atoms with E-state index in [1.807, 2.05) is 37.3 Å². The van der Waals surface area contributed by atoms with Crippen LogP contribution in [0.3, 0.4) is 0 Å². The highest BCUT2D eigenvalue weighted by Gasteiger charge is 2.13. The predicted octanol–water partition coefficient (Wildman–Crippen LogP) is 4.76. The lowest BCUT2D eigenvalue weighted by Gasteiger charge is -2.13. The van der Waals surface area contributed by atoms with E-state index in [4.69, 9.17) is 10.2 Å². The minimum Gasteiger partial charge on any atom is -0.339 e. The van der Waals surface area contributed by atoms with Gasteiger partial charge in [0.25, 0.3) is 5.56 Å². The van der Waals surface area contributed by atoms with E-state index in [1.165, 1.54) is 0 Å². The number of hydrogen-bond acceptors (Lipinski definition) is 4. The van der Waals surface area contributed by atoms with Crippen molar-refractivity contribution in [1.29, 1.82) is 5.26 Å². The molecule has 2 aromatic carbocycles. The van der Waals surface area contributed by atoms with Gasteiger partial charge in [0, 0.05) is 27.1 Å². The summed E-state index contributed by atoms with van der Waals surface area (Å²) >= 11 is 3.45. The SMILES string of the molecule is Cc1ccc(C#N)cc1Nc1nc2ccc(Br)cc2c2c(=O)[nH]ccc12. The molecule has 0 saturated carbocycles. The predicted molar refractivity (Wildman–Crippen MR) is 107 cm³/mol. The van der Waals surface area contributed by atoms with Crippen LogP contribution in [0.2, 0.25) is 0 Å². The molecule has 2 N–H and O–H groups in total. The number of nitriles is 1. The molecule has 126 valence electrons. The van der Waals surface area contributed by atoms with Crippen molar-refractivity contribution in [2.45, 2.75) is 6.92 Å². The summed E-state index contributed by atoms with van der Waals surface area (Å²) in [7, 11) is 0. The second-order valence-corrected chi connectivity index (χ2v) is 6.90. The molecule has 2 heterocycles. The minimum absolute atomic E-state index is 0.168. The van der Waals surface area contributed by atoms with Crippen molar-refractivity contribution >= 4 is 49.1 Å². The largest absolute Gasteiger partial charge is 0.339 e. The van der Waals surface area contributed by atoms with Crippen LogP contribution < -0.4 is 10.9 Å². The Balaban J connectivity index is 2.01. The number of aromatic amines is 1. The first kappa shape index (κ1) is 16.3. The van der Waals surface area contributed by atoms with Gasteiger partial charge < -0.3 is 10.3 Å². The number of rotatable bonds is 2. The van der Waals surface area contributed by atoms with Gasteiger partial charge in [-0.2, -0.15) is 5.26 Å². The second kappa shape index (κ2) is 6.28. The van der Waals surface area contributed by atoms with Crippen LogP contribution in [-0.2, 0) is 0 Å². The molecular formula is C20H13BrN4O. The van der Waals surface area contributed by atoms with E-state index in [2.05, 4.69) is 32.3 Å². The zero-order valence-electron chi connectivity index (χ0n) is 13.8. The lowest BCUT2D eigenvalue weighted by molar-refractivity contribution is 1.27. The Morgan fingerprint density at radius 3 is 2.81 bits per heavy atom. The van der Waals surface area contributed by atoms with Crippen LogP contribution in [0.4, 0.5) is 11.5 Å². The molecular weight excluding hydrogens is 392 g/mol. The minimum atomic E-state index is -0.168. The Labute approximate surface area is 157 Å². The zero-order chi connectivity index (χ0) is 18.3. The quantitative estimate of drug-likeness (QED) is 0.471. The topological polar surface area (TPSA) is 81.6 Å². The molecule has 4 rings (SSSR count). The van der Waals surface area contributed by atoms with Gasteiger partial charge in [0.1, 0.15) is 5.82 Å². The monoisotopic (exact) mass is 404 g/mol. The summed E-state index contributed by atoms with van der Waals surface area (Å²) in [6.45, 7) is 1.96. The fourth-order valence-corrected chi connectivity index (χ4v) is 3.34. The average Bonchev–Trinajstić information content (AvgIpc) is 2.64. The maximum atomic E-state index is 12.5. The smallest absolute Gasteiger partial charge is 0.256 e. The van der Waals surface area contributed by atoms with Gasteiger partial charge in [-0.15, -0.1) is 0 Å². The van der Waals surface area contributed by atoms with Crippen LogP contribution >= 0.6 is 15.9 Å². The molecule has 6 heteroatoms. The van der Waals surface area contributed by atoms with Crippen LogP contribution in [-0.4, -0.2) is 9.97 Å². The van der Waals surface area contributed by atoms with Crippen LogP contribution in [0.5, 0.6) is 0 Å². The maximum absolute atomic E-state index is 12.5. The molecule has 26 heavy (non-hydrogen) atoms. The number of nitrogens with one attached hydrogen (secondary N) is 2. The van der Waals surface area contributed by atoms with Crippen molar-refractivity contribution in [3.05, 3.63) is 74.6 Å². The fourth-order valence-electron chi connectivity index (χ4n) is 2.98. The number of hydrogen-bond donors (Lipinski definition) is 2. The molecule has 0 unspecified atom stereocenters. The highest BCUT2D eigenvalue weighted by atomic mass is 79.9. The summed E-state index contributed by atoms with van der Waals surface area (Å²) in [6.07, 6.45) is 1.61. The summed E-state index contributed by atoms with van der Waals surface area (Å²) in [6, 6.07) is 15.1. The highest BCUT2D eigenvalue weighted by Crippen LogP contribution is 2.31. The normalized spacial score (nSPS) is 10.8. The van der Waals surface area contributed by atoms with Crippen LogP contribution in [0.15, 0.2) is 57.9 Å². The van der Waals surface area contributed by atoms with Crippen molar-refractivity contribution in [2.75, 3.05) is 5.32 Å². The second-order valence-electron chi connectivity index (χ2n) is 5.98. The molecule has 0 amide bonds. The van der Waals surface area contributed by atoms with E-state index in [1.54, 1.807) is 18.3 Å². The van der Waals surface area contributed by atoms with E-state index in [0.717, 1.165) is 26.5 Å². The Bertz CT molecular complexity index is 1270. The fraction of sp³-hybridized carbons (Fsp3) is 0.0500. The molecule has 0 aliphatic carbocycles. The number of fused-ring (bicyclic) bond motifs is 3. The molecule has 0 fully saturated rings. The number of anilines is 2. The molecule has 0 bridgehead atoms. The Kier molecular flexibility index (Phi) is 3.94. The first-order chi connectivity index (χ1) is 12.6. The molecule has 4 aromatic rings. The summed E-state index contributed by atoms with van der Waals surface area (Å²) in [5.41, 5.74) is 2.88. The van der Waals surface area contributed by atoms with Crippen molar-refractivity contribution in [3.8, 4) is 6.07 Å². The van der Waals surface area contributed by atoms with E-state index in [-0.39, 0.29) is 5.56 Å². The third kappa shape index (κ3) is 2.72. The Morgan fingerprint density at radius 2 is 2.00 bits per heavy atom. The molecule has 0 saturated heterocycles. The number of halogens is 1. The molecule has 0 atom stereocenters. The number of benzene rings is 2. The van der Waals surface area contributed by atoms with Gasteiger partial charge in [0.05, 0.1) is 22.5 Å². The van der Waals surface area contributed by atoms with Gasteiger partial charge in [0.2, 0.25) is 0 Å². The summed E-state index contributed by atoms with van der Waals surface area (Å²) in [4.78, 5) is 20.0. The Hall–Kier alpha value is -3.17. The van der Waals surface area contributed by atoms with Gasteiger partial charge >= 0.3 is 0 Å². The van der Waals surface area contributed by atoms with E-state index >= 15 is 0 Å². The molecule has 0 aliphatic heterocycles. The van der Waals surface area contributed by atoms with Crippen LogP contribution in [0.1, 0.15) is 11.1 Å². The Morgan fingerprint density at radius 1 is 1.15 bits per heavy atom. The summed E-state index contributed by atoms with van der Waals surface area (Å²) in [5, 5.41) is 14.5. The molecule has 5 nitrogen and oxygen atoms in total. The first-order valence-corrected chi connectivity index (χ1v) is 8.74. The molecule has 2 aromatic heterocycles. The number of nitrogens with zero attached hydrogens (tertiary/aromatic N) is 2. The van der Waals surface area contributed by atoms with Crippen molar-refractivity contribution < 1.29 is 0 Å².